The number of aromatic nitrogens is 1. The summed E-state index contributed by atoms with van der Waals surface area (Å²) in [7, 11) is 0. The van der Waals surface area contributed by atoms with Gasteiger partial charge in [0.1, 0.15) is 0 Å². The lowest BCUT2D eigenvalue weighted by atomic mass is 9.95. The van der Waals surface area contributed by atoms with E-state index in [1.54, 1.807) is 0 Å². The van der Waals surface area contributed by atoms with Crippen molar-refractivity contribution in [2.24, 2.45) is 0 Å². The molecule has 16 heavy (non-hydrogen) atoms. The van der Waals surface area contributed by atoms with Crippen LogP contribution in [0, 0.1) is 0 Å². The summed E-state index contributed by atoms with van der Waals surface area (Å²) >= 11 is 0. The first kappa shape index (κ1) is 9.01. The Balaban J connectivity index is 2.49. The van der Waals surface area contributed by atoms with Crippen molar-refractivity contribution in [3.05, 3.63) is 53.3 Å². The summed E-state index contributed by atoms with van der Waals surface area (Å²) in [6.45, 7) is 0. The number of rotatable bonds is 0. The van der Waals surface area contributed by atoms with Gasteiger partial charge in [-0.1, -0.05) is 30.3 Å². The van der Waals surface area contributed by atoms with Gasteiger partial charge in [-0.3, -0.25) is 4.98 Å². The van der Waals surface area contributed by atoms with Gasteiger partial charge in [0.25, 0.3) is 0 Å². The molecule has 76 valence electrons. The Morgan fingerprint density at radius 2 is 2.12 bits per heavy atom. The first-order valence-corrected chi connectivity index (χ1v) is 5.16. The molecule has 0 bridgehead atoms. The summed E-state index contributed by atoms with van der Waals surface area (Å²) in [5.41, 5.74) is 11.5. The van der Waals surface area contributed by atoms with Gasteiger partial charge in [0.15, 0.2) is 0 Å². The molecule has 0 fully saturated rings. The van der Waals surface area contributed by atoms with Gasteiger partial charge in [-0.2, -0.15) is 4.79 Å². The van der Waals surface area contributed by atoms with Gasteiger partial charge in [0.2, 0.25) is 0 Å². The van der Waals surface area contributed by atoms with E-state index in [2.05, 4.69) is 9.77 Å². The highest BCUT2D eigenvalue weighted by molar-refractivity contribution is 6.12. The molecule has 0 atom stereocenters. The molecular weight excluding hydrogens is 198 g/mol. The summed E-state index contributed by atoms with van der Waals surface area (Å²) < 4.78 is 0. The van der Waals surface area contributed by atoms with Crippen LogP contribution in [0.2, 0.25) is 0 Å². The molecular formula is C13H9N3. The summed E-state index contributed by atoms with van der Waals surface area (Å²) in [4.78, 5) is 7.73. The maximum Gasteiger partial charge on any atom is 0.305 e. The number of hydrogen-bond acceptors (Lipinski definition) is 1. The van der Waals surface area contributed by atoms with Gasteiger partial charge in [-0.05, 0) is 6.08 Å². The SMILES string of the molecule is [N-]=[N+]=C1CC=Cc2ncc3ccccc3c21. The standard InChI is InChI=1S/C13H9N3/c14-16-12-7-3-6-11-13(12)10-5-2-1-4-9(10)8-15-11/h1-6,8H,7H2. The van der Waals surface area contributed by atoms with E-state index in [0.29, 0.717) is 12.1 Å². The molecule has 1 heterocycles. The summed E-state index contributed by atoms with van der Waals surface area (Å²) in [5, 5.41) is 2.15. The minimum Gasteiger partial charge on any atom is -0.361 e. The molecule has 0 amide bonds. The van der Waals surface area contributed by atoms with Crippen molar-refractivity contribution in [2.75, 3.05) is 0 Å². The van der Waals surface area contributed by atoms with Crippen LogP contribution in [0.4, 0.5) is 0 Å². The van der Waals surface area contributed by atoms with Crippen molar-refractivity contribution < 1.29 is 4.79 Å². The Morgan fingerprint density at radius 3 is 3.00 bits per heavy atom. The van der Waals surface area contributed by atoms with Crippen LogP contribution < -0.4 is 0 Å². The Labute approximate surface area is 92.7 Å². The van der Waals surface area contributed by atoms with Crippen LogP contribution in [0.1, 0.15) is 17.7 Å². The topological polar surface area (TPSA) is 49.3 Å². The maximum absolute atomic E-state index is 9.02. The number of nitrogens with zero attached hydrogens (tertiary/aromatic N) is 3. The third-order valence-electron chi connectivity index (χ3n) is 2.83. The van der Waals surface area contributed by atoms with Gasteiger partial charge < -0.3 is 5.53 Å². The first-order chi connectivity index (χ1) is 7.90. The van der Waals surface area contributed by atoms with Crippen LogP contribution in [-0.2, 0) is 0 Å². The molecule has 0 N–H and O–H groups in total. The minimum atomic E-state index is 0.652. The van der Waals surface area contributed by atoms with Gasteiger partial charge in [0.05, 0.1) is 17.7 Å². The average molecular weight is 207 g/mol. The van der Waals surface area contributed by atoms with Crippen molar-refractivity contribution in [1.29, 1.82) is 0 Å². The Hall–Kier alpha value is -2.25. The Kier molecular flexibility index (Phi) is 1.92. The molecule has 0 unspecified atom stereocenters. The largest absolute Gasteiger partial charge is 0.361 e. The molecule has 3 nitrogen and oxygen atoms in total. The van der Waals surface area contributed by atoms with E-state index in [4.69, 9.17) is 5.53 Å². The highest BCUT2D eigenvalue weighted by Crippen LogP contribution is 2.25. The molecule has 0 saturated heterocycles. The number of hydrogen-bond donors (Lipinski definition) is 0. The van der Waals surface area contributed by atoms with E-state index in [0.717, 1.165) is 22.0 Å². The fourth-order valence-corrected chi connectivity index (χ4v) is 2.08. The highest BCUT2D eigenvalue weighted by Gasteiger charge is 2.21. The lowest BCUT2D eigenvalue weighted by Gasteiger charge is -2.08. The fourth-order valence-electron chi connectivity index (χ4n) is 2.08. The highest BCUT2D eigenvalue weighted by atomic mass is 14.9. The van der Waals surface area contributed by atoms with E-state index in [9.17, 15) is 0 Å². The molecule has 1 aromatic carbocycles. The molecule has 1 aliphatic rings. The smallest absolute Gasteiger partial charge is 0.305 e. The van der Waals surface area contributed by atoms with Crippen LogP contribution in [0.5, 0.6) is 0 Å². The fraction of sp³-hybridized carbons (Fsp3) is 0.0769. The molecule has 1 aromatic heterocycles. The van der Waals surface area contributed by atoms with Gasteiger partial charge in [-0.15, -0.1) is 0 Å². The van der Waals surface area contributed by atoms with E-state index in [-0.39, 0.29) is 0 Å². The molecule has 2 aromatic rings. The predicted molar refractivity (Wildman–Crippen MR) is 63.1 cm³/mol. The normalized spacial score (nSPS) is 13.6. The van der Waals surface area contributed by atoms with Gasteiger partial charge in [-0.25, -0.2) is 0 Å². The van der Waals surface area contributed by atoms with Crippen molar-refractivity contribution >= 4 is 22.6 Å². The zero-order chi connectivity index (χ0) is 11.0. The number of pyridine rings is 1. The molecule has 3 heteroatoms. The van der Waals surface area contributed by atoms with Crippen LogP contribution in [0.3, 0.4) is 0 Å². The number of benzene rings is 1. The van der Waals surface area contributed by atoms with Crippen molar-refractivity contribution in [3.63, 3.8) is 0 Å². The molecule has 3 rings (SSSR count). The number of fused-ring (bicyclic) bond motifs is 3. The zero-order valence-electron chi connectivity index (χ0n) is 8.59. The van der Waals surface area contributed by atoms with E-state index in [1.165, 1.54) is 0 Å². The second-order valence-corrected chi connectivity index (χ2v) is 3.76. The van der Waals surface area contributed by atoms with E-state index >= 15 is 0 Å². The second-order valence-electron chi connectivity index (χ2n) is 3.76. The zero-order valence-corrected chi connectivity index (χ0v) is 8.59. The van der Waals surface area contributed by atoms with E-state index in [1.807, 2.05) is 42.6 Å². The average Bonchev–Trinajstić information content (AvgIpc) is 2.37. The van der Waals surface area contributed by atoms with Gasteiger partial charge in [0, 0.05) is 17.0 Å². The summed E-state index contributed by atoms with van der Waals surface area (Å²) in [5.74, 6) is 0. The molecule has 0 radical (unpaired) electrons. The predicted octanol–water partition coefficient (Wildman–Crippen LogP) is 2.67. The maximum atomic E-state index is 9.02. The van der Waals surface area contributed by atoms with Gasteiger partial charge >= 0.3 is 5.71 Å². The molecule has 1 aliphatic carbocycles. The van der Waals surface area contributed by atoms with E-state index < -0.39 is 0 Å². The third kappa shape index (κ3) is 1.19. The first-order valence-electron chi connectivity index (χ1n) is 5.16. The number of allylic oxidation sites excluding steroid dienone is 1. The Bertz CT molecular complexity index is 649. The monoisotopic (exact) mass is 207 g/mol. The molecule has 0 spiro atoms. The second kappa shape index (κ2) is 3.40. The third-order valence-corrected chi connectivity index (χ3v) is 2.83. The van der Waals surface area contributed by atoms with Crippen molar-refractivity contribution in [1.82, 2.24) is 4.98 Å². The van der Waals surface area contributed by atoms with Crippen LogP contribution in [-0.4, -0.2) is 15.5 Å². The minimum absolute atomic E-state index is 0.652. The van der Waals surface area contributed by atoms with Crippen LogP contribution >= 0.6 is 0 Å². The molecule has 0 aliphatic heterocycles. The van der Waals surface area contributed by atoms with Crippen molar-refractivity contribution in [2.45, 2.75) is 6.42 Å². The Morgan fingerprint density at radius 1 is 1.25 bits per heavy atom. The molecule has 0 saturated carbocycles. The summed E-state index contributed by atoms with van der Waals surface area (Å²) in [6, 6.07) is 8.00. The van der Waals surface area contributed by atoms with Crippen molar-refractivity contribution in [3.8, 4) is 0 Å². The lowest BCUT2D eigenvalue weighted by Crippen LogP contribution is -2.09. The lowest BCUT2D eigenvalue weighted by molar-refractivity contribution is -0.00597. The van der Waals surface area contributed by atoms with Crippen LogP contribution in [0.15, 0.2) is 36.5 Å². The van der Waals surface area contributed by atoms with Crippen LogP contribution in [0.25, 0.3) is 22.4 Å². The quantitative estimate of drug-likeness (QED) is 0.484. The summed E-state index contributed by atoms with van der Waals surface area (Å²) in [6.07, 6.45) is 6.42.